The zero-order valence-electron chi connectivity index (χ0n) is 13.9. The van der Waals surface area contributed by atoms with Gasteiger partial charge in [0.15, 0.2) is 0 Å². The van der Waals surface area contributed by atoms with E-state index in [2.05, 4.69) is 5.32 Å². The number of hydrogen-bond acceptors (Lipinski definition) is 4. The topological polar surface area (TPSA) is 75.5 Å². The summed E-state index contributed by atoms with van der Waals surface area (Å²) in [5.41, 5.74) is 1.06. The van der Waals surface area contributed by atoms with E-state index in [1.165, 1.54) is 12.8 Å². The zero-order chi connectivity index (χ0) is 16.4. The Bertz CT molecular complexity index is 620. The van der Waals surface area contributed by atoms with Gasteiger partial charge in [0.1, 0.15) is 5.56 Å². The van der Waals surface area contributed by atoms with E-state index >= 15 is 0 Å². The van der Waals surface area contributed by atoms with E-state index in [9.17, 15) is 14.9 Å². The van der Waals surface area contributed by atoms with Gasteiger partial charge >= 0.3 is 0 Å². The summed E-state index contributed by atoms with van der Waals surface area (Å²) in [6.45, 7) is 5.18. The Balaban J connectivity index is 0.00000208. The highest BCUT2D eigenvalue weighted by Crippen LogP contribution is 2.40. The lowest BCUT2D eigenvalue weighted by Gasteiger charge is -2.44. The molecular weight excluding hydrogens is 330 g/mol. The number of likely N-dealkylation sites (tertiary alicyclic amines) is 1. The number of nitro groups is 1. The minimum absolute atomic E-state index is 0. The van der Waals surface area contributed by atoms with Crippen molar-refractivity contribution < 1.29 is 9.72 Å². The molecule has 1 amide bonds. The number of halogens is 1. The van der Waals surface area contributed by atoms with Crippen LogP contribution in [0.5, 0.6) is 0 Å². The monoisotopic (exact) mass is 353 g/mol. The Labute approximate surface area is 148 Å². The number of benzene rings is 1. The van der Waals surface area contributed by atoms with E-state index in [0.29, 0.717) is 24.1 Å². The smallest absolute Gasteiger partial charge is 0.285 e. The Hall–Kier alpha value is -1.66. The average Bonchev–Trinajstić information content (AvgIpc) is 2.55. The molecule has 3 rings (SSSR count). The number of carbonyl (C=O) groups excluding carboxylic acids is 1. The number of amides is 1. The van der Waals surface area contributed by atoms with Crippen LogP contribution in [0.15, 0.2) is 18.2 Å². The van der Waals surface area contributed by atoms with Crippen LogP contribution in [0.3, 0.4) is 0 Å². The molecule has 2 aliphatic rings. The maximum atomic E-state index is 12.8. The second-order valence-electron chi connectivity index (χ2n) is 6.77. The van der Waals surface area contributed by atoms with E-state index in [1.807, 2.05) is 0 Å². The van der Waals surface area contributed by atoms with Crippen molar-refractivity contribution in [1.29, 1.82) is 0 Å². The van der Waals surface area contributed by atoms with Gasteiger partial charge in [-0.2, -0.15) is 0 Å². The first kappa shape index (κ1) is 18.7. The number of para-hydroxylation sites is 1. The fourth-order valence-corrected chi connectivity index (χ4v) is 3.89. The van der Waals surface area contributed by atoms with Crippen molar-refractivity contribution in [2.45, 2.75) is 32.6 Å². The fraction of sp³-hybridized carbons (Fsp3) is 0.588. The molecule has 1 aromatic rings. The maximum Gasteiger partial charge on any atom is 0.285 e. The number of hydrogen-bond donors (Lipinski definition) is 1. The third-order valence-corrected chi connectivity index (χ3v) is 5.43. The third kappa shape index (κ3) is 3.54. The Morgan fingerprint density at radius 3 is 2.42 bits per heavy atom. The highest BCUT2D eigenvalue weighted by Gasteiger charge is 2.37. The van der Waals surface area contributed by atoms with E-state index in [0.717, 1.165) is 25.9 Å². The molecule has 2 heterocycles. The second kappa shape index (κ2) is 7.49. The Morgan fingerprint density at radius 2 is 1.83 bits per heavy atom. The summed E-state index contributed by atoms with van der Waals surface area (Å²) in [6.07, 6.45) is 4.33. The third-order valence-electron chi connectivity index (χ3n) is 5.43. The quantitative estimate of drug-likeness (QED) is 0.655. The Kier molecular flexibility index (Phi) is 5.83. The zero-order valence-corrected chi connectivity index (χ0v) is 14.7. The van der Waals surface area contributed by atoms with E-state index in [1.54, 1.807) is 30.0 Å². The van der Waals surface area contributed by atoms with Crippen LogP contribution in [0.2, 0.25) is 0 Å². The molecule has 1 N–H and O–H groups in total. The SMILES string of the molecule is Cc1cccc(C(=O)N2CCC3(CCNCC3)CC2)c1[N+](=O)[O-].Cl. The van der Waals surface area contributed by atoms with Gasteiger partial charge in [-0.05, 0) is 57.2 Å². The van der Waals surface area contributed by atoms with Crippen LogP contribution in [-0.4, -0.2) is 41.9 Å². The van der Waals surface area contributed by atoms with Crippen LogP contribution in [-0.2, 0) is 0 Å². The molecule has 0 aromatic heterocycles. The molecule has 0 bridgehead atoms. The molecule has 1 aromatic carbocycles. The fourth-order valence-electron chi connectivity index (χ4n) is 3.89. The van der Waals surface area contributed by atoms with Gasteiger partial charge in [0, 0.05) is 18.7 Å². The first-order valence-electron chi connectivity index (χ1n) is 8.26. The van der Waals surface area contributed by atoms with Crippen LogP contribution in [0.1, 0.15) is 41.6 Å². The summed E-state index contributed by atoms with van der Waals surface area (Å²) >= 11 is 0. The number of piperidine rings is 2. The predicted molar refractivity (Wildman–Crippen MR) is 94.8 cm³/mol. The number of rotatable bonds is 2. The summed E-state index contributed by atoms with van der Waals surface area (Å²) < 4.78 is 0. The molecule has 0 unspecified atom stereocenters. The molecule has 0 radical (unpaired) electrons. The van der Waals surface area contributed by atoms with E-state index in [4.69, 9.17) is 0 Å². The van der Waals surface area contributed by atoms with Gasteiger partial charge in [0.2, 0.25) is 0 Å². The molecule has 132 valence electrons. The minimum Gasteiger partial charge on any atom is -0.338 e. The molecule has 0 aliphatic carbocycles. The van der Waals surface area contributed by atoms with Crippen molar-refractivity contribution in [1.82, 2.24) is 10.2 Å². The summed E-state index contributed by atoms with van der Waals surface area (Å²) in [7, 11) is 0. The van der Waals surface area contributed by atoms with Gasteiger partial charge in [0.05, 0.1) is 4.92 Å². The summed E-state index contributed by atoms with van der Waals surface area (Å²) in [5.74, 6) is -0.204. The predicted octanol–water partition coefficient (Wildman–Crippen LogP) is 2.93. The molecule has 0 atom stereocenters. The van der Waals surface area contributed by atoms with Crippen LogP contribution >= 0.6 is 12.4 Å². The van der Waals surface area contributed by atoms with Crippen molar-refractivity contribution in [3.63, 3.8) is 0 Å². The molecule has 2 aliphatic heterocycles. The lowest BCUT2D eigenvalue weighted by Crippen LogP contribution is -2.47. The molecule has 24 heavy (non-hydrogen) atoms. The van der Waals surface area contributed by atoms with Crippen LogP contribution in [0.25, 0.3) is 0 Å². The number of nitrogens with zero attached hydrogens (tertiary/aromatic N) is 2. The lowest BCUT2D eigenvalue weighted by molar-refractivity contribution is -0.385. The normalized spacial score (nSPS) is 19.6. The van der Waals surface area contributed by atoms with E-state index in [-0.39, 0.29) is 29.6 Å². The highest BCUT2D eigenvalue weighted by atomic mass is 35.5. The maximum absolute atomic E-state index is 12.8. The van der Waals surface area contributed by atoms with Gasteiger partial charge in [-0.1, -0.05) is 12.1 Å². The summed E-state index contributed by atoms with van der Waals surface area (Å²) in [6, 6.07) is 4.96. The minimum atomic E-state index is -0.444. The van der Waals surface area contributed by atoms with Crippen molar-refractivity contribution >= 4 is 24.0 Å². The molecule has 6 nitrogen and oxygen atoms in total. The van der Waals surface area contributed by atoms with Gasteiger partial charge in [0.25, 0.3) is 11.6 Å². The van der Waals surface area contributed by atoms with Crippen molar-refractivity contribution in [2.75, 3.05) is 26.2 Å². The lowest BCUT2D eigenvalue weighted by atomic mass is 9.71. The molecule has 0 saturated carbocycles. The van der Waals surface area contributed by atoms with Crippen molar-refractivity contribution in [3.8, 4) is 0 Å². The van der Waals surface area contributed by atoms with Gasteiger partial charge in [-0.25, -0.2) is 0 Å². The van der Waals surface area contributed by atoms with Gasteiger partial charge < -0.3 is 10.2 Å². The Morgan fingerprint density at radius 1 is 1.21 bits per heavy atom. The van der Waals surface area contributed by atoms with Gasteiger partial charge in [-0.3, -0.25) is 14.9 Å². The highest BCUT2D eigenvalue weighted by molar-refractivity contribution is 5.98. The van der Waals surface area contributed by atoms with Gasteiger partial charge in [-0.15, -0.1) is 12.4 Å². The molecule has 1 spiro atoms. The van der Waals surface area contributed by atoms with Crippen molar-refractivity contribution in [2.24, 2.45) is 5.41 Å². The van der Waals surface area contributed by atoms with Crippen LogP contribution in [0.4, 0.5) is 5.69 Å². The standard InChI is InChI=1S/C17H23N3O3.ClH/c1-13-3-2-4-14(15(13)20(22)23)16(21)19-11-7-17(8-12-19)5-9-18-10-6-17;/h2-4,18H,5-12H2,1H3;1H. The molecular formula is C17H24ClN3O3. The average molecular weight is 354 g/mol. The number of nitrogens with one attached hydrogen (secondary N) is 1. The van der Waals surface area contributed by atoms with Crippen LogP contribution < -0.4 is 5.32 Å². The number of aryl methyl sites for hydroxylation is 1. The first-order chi connectivity index (χ1) is 11.0. The summed E-state index contributed by atoms with van der Waals surface area (Å²) in [4.78, 5) is 25.4. The summed E-state index contributed by atoms with van der Waals surface area (Å²) in [5, 5.41) is 14.7. The van der Waals surface area contributed by atoms with E-state index < -0.39 is 4.92 Å². The second-order valence-corrected chi connectivity index (χ2v) is 6.77. The molecule has 2 fully saturated rings. The number of carbonyl (C=O) groups is 1. The first-order valence-corrected chi connectivity index (χ1v) is 8.26. The molecule has 2 saturated heterocycles. The molecule has 7 heteroatoms. The number of nitro benzene ring substituents is 1. The largest absolute Gasteiger partial charge is 0.338 e. The van der Waals surface area contributed by atoms with Crippen molar-refractivity contribution in [3.05, 3.63) is 39.4 Å². The van der Waals surface area contributed by atoms with Crippen LogP contribution in [0, 0.1) is 22.5 Å².